The van der Waals surface area contributed by atoms with Gasteiger partial charge in [0.15, 0.2) is 0 Å². The molecule has 0 fully saturated rings. The SMILES string of the molecule is Cl.Cl.Oc1cncc(/C=C/c2cn[nH]c2)c1. The van der Waals surface area contributed by atoms with Gasteiger partial charge in [-0.2, -0.15) is 5.10 Å². The monoisotopic (exact) mass is 259 g/mol. The number of hydrogen-bond donors (Lipinski definition) is 2. The Labute approximate surface area is 105 Å². The highest BCUT2D eigenvalue weighted by Crippen LogP contribution is 2.11. The van der Waals surface area contributed by atoms with E-state index in [0.717, 1.165) is 11.1 Å². The Balaban J connectivity index is 0.00000112. The van der Waals surface area contributed by atoms with Gasteiger partial charge in [0.1, 0.15) is 5.75 Å². The summed E-state index contributed by atoms with van der Waals surface area (Å²) in [5, 5.41) is 15.7. The number of halogens is 2. The molecule has 2 heterocycles. The highest BCUT2D eigenvalue weighted by atomic mass is 35.5. The van der Waals surface area contributed by atoms with E-state index in [1.807, 2.05) is 12.2 Å². The number of nitrogens with zero attached hydrogens (tertiary/aromatic N) is 2. The average molecular weight is 260 g/mol. The molecule has 0 aliphatic rings. The van der Waals surface area contributed by atoms with Crippen LogP contribution in [0.5, 0.6) is 5.75 Å². The molecule has 2 N–H and O–H groups in total. The molecule has 6 heteroatoms. The zero-order chi connectivity index (χ0) is 9.80. The van der Waals surface area contributed by atoms with Gasteiger partial charge in [-0.1, -0.05) is 12.2 Å². The maximum Gasteiger partial charge on any atom is 0.134 e. The lowest BCUT2D eigenvalue weighted by Crippen LogP contribution is -1.75. The van der Waals surface area contributed by atoms with Gasteiger partial charge in [-0.05, 0) is 11.6 Å². The molecule has 86 valence electrons. The molecule has 0 bridgehead atoms. The maximum atomic E-state index is 9.16. The number of aromatic amines is 1. The third kappa shape index (κ3) is 3.92. The molecule has 0 radical (unpaired) electrons. The Morgan fingerprint density at radius 1 is 1.06 bits per heavy atom. The summed E-state index contributed by atoms with van der Waals surface area (Å²) in [5.74, 6) is 0.166. The second kappa shape index (κ2) is 6.87. The Morgan fingerprint density at radius 3 is 2.44 bits per heavy atom. The number of aromatic hydroxyl groups is 1. The van der Waals surface area contributed by atoms with Crippen molar-refractivity contribution in [3.63, 3.8) is 0 Å². The summed E-state index contributed by atoms with van der Waals surface area (Å²) < 4.78 is 0. The minimum atomic E-state index is 0. The Bertz CT molecular complexity index is 443. The first-order valence-corrected chi connectivity index (χ1v) is 4.15. The van der Waals surface area contributed by atoms with Crippen LogP contribution < -0.4 is 0 Å². The normalized spacial score (nSPS) is 9.50. The standard InChI is InChI=1S/C10H9N3O.2ClH/c14-10-3-8(4-11-7-10)1-2-9-5-12-13-6-9;;/h1-7,14H,(H,12,13);2*1H/b2-1+;;. The summed E-state index contributed by atoms with van der Waals surface area (Å²) in [6.07, 6.45) is 10.3. The first-order valence-electron chi connectivity index (χ1n) is 4.15. The van der Waals surface area contributed by atoms with Gasteiger partial charge < -0.3 is 5.11 Å². The van der Waals surface area contributed by atoms with Crippen molar-refractivity contribution in [3.8, 4) is 5.75 Å². The van der Waals surface area contributed by atoms with Crippen LogP contribution in [-0.4, -0.2) is 20.3 Å². The molecule has 2 rings (SSSR count). The molecular formula is C10H11Cl2N3O. The number of aromatic nitrogens is 3. The van der Waals surface area contributed by atoms with Crippen molar-refractivity contribution in [2.45, 2.75) is 0 Å². The number of H-pyrrole nitrogens is 1. The number of hydrogen-bond acceptors (Lipinski definition) is 3. The van der Waals surface area contributed by atoms with E-state index in [4.69, 9.17) is 5.11 Å². The van der Waals surface area contributed by atoms with Crippen LogP contribution in [0.25, 0.3) is 12.2 Å². The lowest BCUT2D eigenvalue weighted by Gasteiger charge is -1.92. The third-order valence-electron chi connectivity index (χ3n) is 1.73. The Kier molecular flexibility index (Phi) is 6.22. The summed E-state index contributed by atoms with van der Waals surface area (Å²) in [6.45, 7) is 0. The van der Waals surface area contributed by atoms with E-state index < -0.39 is 0 Å². The van der Waals surface area contributed by atoms with Crippen molar-refractivity contribution in [1.29, 1.82) is 0 Å². The average Bonchev–Trinajstić information content (AvgIpc) is 2.67. The zero-order valence-electron chi connectivity index (χ0n) is 8.20. The Morgan fingerprint density at radius 2 is 1.81 bits per heavy atom. The first-order chi connectivity index (χ1) is 6.84. The van der Waals surface area contributed by atoms with Gasteiger partial charge in [0, 0.05) is 18.0 Å². The molecule has 0 aliphatic carbocycles. The van der Waals surface area contributed by atoms with Crippen LogP contribution in [0.15, 0.2) is 30.9 Å². The summed E-state index contributed by atoms with van der Waals surface area (Å²) in [4.78, 5) is 3.86. The van der Waals surface area contributed by atoms with E-state index in [1.165, 1.54) is 6.20 Å². The molecule has 16 heavy (non-hydrogen) atoms. The van der Waals surface area contributed by atoms with Crippen molar-refractivity contribution < 1.29 is 5.11 Å². The second-order valence-electron chi connectivity index (χ2n) is 2.84. The van der Waals surface area contributed by atoms with E-state index in [0.29, 0.717) is 0 Å². The van der Waals surface area contributed by atoms with Crippen LogP contribution in [0, 0.1) is 0 Å². The topological polar surface area (TPSA) is 61.8 Å². The number of pyridine rings is 1. The third-order valence-corrected chi connectivity index (χ3v) is 1.73. The van der Waals surface area contributed by atoms with Crippen molar-refractivity contribution in [1.82, 2.24) is 15.2 Å². The summed E-state index contributed by atoms with van der Waals surface area (Å²) in [5.41, 5.74) is 1.83. The highest BCUT2D eigenvalue weighted by Gasteiger charge is 1.91. The lowest BCUT2D eigenvalue weighted by atomic mass is 10.2. The molecule has 0 atom stereocenters. The molecule has 0 saturated heterocycles. The van der Waals surface area contributed by atoms with Gasteiger partial charge in [0.2, 0.25) is 0 Å². The van der Waals surface area contributed by atoms with Crippen LogP contribution in [0.3, 0.4) is 0 Å². The fraction of sp³-hybridized carbons (Fsp3) is 0. The fourth-order valence-electron chi connectivity index (χ4n) is 1.08. The van der Waals surface area contributed by atoms with Crippen LogP contribution in [-0.2, 0) is 0 Å². The van der Waals surface area contributed by atoms with Gasteiger partial charge >= 0.3 is 0 Å². The minimum Gasteiger partial charge on any atom is -0.506 e. The van der Waals surface area contributed by atoms with Crippen LogP contribution >= 0.6 is 24.8 Å². The van der Waals surface area contributed by atoms with Crippen molar-refractivity contribution in [3.05, 3.63) is 42.0 Å². The van der Waals surface area contributed by atoms with Gasteiger partial charge in [0.05, 0.1) is 12.4 Å². The zero-order valence-corrected chi connectivity index (χ0v) is 9.83. The molecule has 0 amide bonds. The predicted octanol–water partition coefficient (Wildman–Crippen LogP) is 2.52. The summed E-state index contributed by atoms with van der Waals surface area (Å²) in [6, 6.07) is 1.64. The predicted molar refractivity (Wildman–Crippen MR) is 67.9 cm³/mol. The minimum absolute atomic E-state index is 0. The molecule has 2 aromatic heterocycles. The Hall–Kier alpha value is -1.52. The quantitative estimate of drug-likeness (QED) is 0.872. The smallest absolute Gasteiger partial charge is 0.134 e. The summed E-state index contributed by atoms with van der Waals surface area (Å²) >= 11 is 0. The van der Waals surface area contributed by atoms with E-state index in [1.54, 1.807) is 24.7 Å². The fourth-order valence-corrected chi connectivity index (χ4v) is 1.08. The van der Waals surface area contributed by atoms with Crippen molar-refractivity contribution >= 4 is 37.0 Å². The molecule has 2 aromatic rings. The number of rotatable bonds is 2. The highest BCUT2D eigenvalue weighted by molar-refractivity contribution is 5.85. The summed E-state index contributed by atoms with van der Waals surface area (Å²) in [7, 11) is 0. The van der Waals surface area contributed by atoms with Gasteiger partial charge in [-0.15, -0.1) is 24.8 Å². The molecular weight excluding hydrogens is 249 g/mol. The van der Waals surface area contributed by atoms with E-state index in [9.17, 15) is 0 Å². The van der Waals surface area contributed by atoms with Crippen LogP contribution in [0.4, 0.5) is 0 Å². The van der Waals surface area contributed by atoms with Crippen LogP contribution in [0.2, 0.25) is 0 Å². The van der Waals surface area contributed by atoms with Gasteiger partial charge in [-0.25, -0.2) is 0 Å². The van der Waals surface area contributed by atoms with E-state index in [2.05, 4.69) is 15.2 Å². The number of nitrogens with one attached hydrogen (secondary N) is 1. The van der Waals surface area contributed by atoms with E-state index >= 15 is 0 Å². The van der Waals surface area contributed by atoms with Crippen molar-refractivity contribution in [2.75, 3.05) is 0 Å². The molecule has 0 saturated carbocycles. The first kappa shape index (κ1) is 14.5. The van der Waals surface area contributed by atoms with Gasteiger partial charge in [0.25, 0.3) is 0 Å². The lowest BCUT2D eigenvalue weighted by molar-refractivity contribution is 0.472. The molecule has 0 unspecified atom stereocenters. The second-order valence-corrected chi connectivity index (χ2v) is 2.84. The largest absolute Gasteiger partial charge is 0.506 e. The maximum absolute atomic E-state index is 9.16. The van der Waals surface area contributed by atoms with Crippen LogP contribution in [0.1, 0.15) is 11.1 Å². The molecule has 0 aromatic carbocycles. The van der Waals surface area contributed by atoms with Crippen molar-refractivity contribution in [2.24, 2.45) is 0 Å². The molecule has 0 aliphatic heterocycles. The van der Waals surface area contributed by atoms with Gasteiger partial charge in [-0.3, -0.25) is 10.1 Å². The molecule has 4 nitrogen and oxygen atoms in total. The molecule has 0 spiro atoms. The van der Waals surface area contributed by atoms with E-state index in [-0.39, 0.29) is 30.6 Å².